The molecular weight excluding hydrogens is 262 g/mol. The topological polar surface area (TPSA) is 77.2 Å². The van der Waals surface area contributed by atoms with Gasteiger partial charge in [0.1, 0.15) is 5.60 Å². The molecule has 1 amide bonds. The third-order valence-electron chi connectivity index (χ3n) is 2.79. The molecule has 1 saturated carbocycles. The molecule has 1 aliphatic rings. The molecule has 5 nitrogen and oxygen atoms in total. The molecule has 0 spiro atoms. The lowest BCUT2D eigenvalue weighted by Crippen LogP contribution is -2.36. The smallest absolute Gasteiger partial charge is 0.407 e. The van der Waals surface area contributed by atoms with Gasteiger partial charge in [-0.15, -0.1) is 11.3 Å². The summed E-state index contributed by atoms with van der Waals surface area (Å²) in [5.74, 6) is 0.578. The third kappa shape index (κ3) is 4.18. The Morgan fingerprint density at radius 2 is 2.32 bits per heavy atom. The number of nitrogens with two attached hydrogens (primary N) is 1. The molecule has 1 fully saturated rings. The quantitative estimate of drug-likeness (QED) is 0.890. The Bertz CT molecular complexity index is 449. The Morgan fingerprint density at radius 3 is 2.89 bits per heavy atom. The van der Waals surface area contributed by atoms with Crippen LogP contribution in [0.2, 0.25) is 0 Å². The van der Waals surface area contributed by atoms with E-state index in [2.05, 4.69) is 10.3 Å². The number of nitrogens with one attached hydrogen (secondary N) is 1. The second-order valence-corrected chi connectivity index (χ2v) is 6.75. The highest BCUT2D eigenvalue weighted by atomic mass is 32.1. The van der Waals surface area contributed by atoms with Crippen LogP contribution in [0.25, 0.3) is 0 Å². The van der Waals surface area contributed by atoms with Crippen LogP contribution >= 0.6 is 11.3 Å². The lowest BCUT2D eigenvalue weighted by Gasteiger charge is -2.20. The molecule has 1 unspecified atom stereocenters. The summed E-state index contributed by atoms with van der Waals surface area (Å²) in [6.07, 6.45) is 1.96. The number of carbonyl (C=O) groups is 1. The average Bonchev–Trinajstić information content (AvgIpc) is 3.01. The zero-order chi connectivity index (χ0) is 14.0. The Hall–Kier alpha value is -1.14. The molecule has 1 aromatic heterocycles. The highest BCUT2D eigenvalue weighted by Gasteiger charge is 2.30. The van der Waals surface area contributed by atoms with Gasteiger partial charge < -0.3 is 15.8 Å². The van der Waals surface area contributed by atoms with Crippen LogP contribution in [0.5, 0.6) is 0 Å². The van der Waals surface area contributed by atoms with Gasteiger partial charge in [-0.3, -0.25) is 0 Å². The zero-order valence-corrected chi connectivity index (χ0v) is 12.4. The summed E-state index contributed by atoms with van der Waals surface area (Å²) < 4.78 is 5.18. The van der Waals surface area contributed by atoms with E-state index in [1.54, 1.807) is 11.3 Å². The standard InChI is InChI=1S/C13H21N3O2S/c1-13(2,3)18-12(17)15-6-9(14)11-10(8-4-5-8)16-7-19-11/h7-9H,4-6,14H2,1-3H3,(H,15,17). The van der Waals surface area contributed by atoms with E-state index in [1.807, 2.05) is 26.3 Å². The predicted octanol–water partition coefficient (Wildman–Crippen LogP) is 2.55. The summed E-state index contributed by atoms with van der Waals surface area (Å²) in [6.45, 7) is 5.87. The molecular formula is C13H21N3O2S. The molecule has 3 N–H and O–H groups in total. The fraction of sp³-hybridized carbons (Fsp3) is 0.692. The lowest BCUT2D eigenvalue weighted by molar-refractivity contribution is 0.0524. The van der Waals surface area contributed by atoms with Crippen molar-refractivity contribution in [2.75, 3.05) is 6.54 Å². The second-order valence-electron chi connectivity index (χ2n) is 5.87. The number of aromatic nitrogens is 1. The number of hydrogen-bond acceptors (Lipinski definition) is 5. The van der Waals surface area contributed by atoms with E-state index in [0.717, 1.165) is 10.6 Å². The molecule has 1 heterocycles. The van der Waals surface area contributed by atoms with Crippen molar-refractivity contribution in [3.63, 3.8) is 0 Å². The molecule has 0 aromatic carbocycles. The van der Waals surface area contributed by atoms with Crippen LogP contribution in [0.4, 0.5) is 4.79 Å². The predicted molar refractivity (Wildman–Crippen MR) is 75.3 cm³/mol. The number of rotatable bonds is 4. The summed E-state index contributed by atoms with van der Waals surface area (Å²) in [5, 5.41) is 2.71. The molecule has 19 heavy (non-hydrogen) atoms. The number of alkyl carbamates (subject to hydrolysis) is 1. The number of ether oxygens (including phenoxy) is 1. The van der Waals surface area contributed by atoms with Crippen molar-refractivity contribution in [1.29, 1.82) is 0 Å². The normalized spacial score (nSPS) is 17.1. The average molecular weight is 283 g/mol. The Morgan fingerprint density at radius 1 is 1.63 bits per heavy atom. The number of hydrogen-bond donors (Lipinski definition) is 2. The molecule has 1 atom stereocenters. The number of nitrogens with zero attached hydrogens (tertiary/aromatic N) is 1. The van der Waals surface area contributed by atoms with E-state index in [-0.39, 0.29) is 6.04 Å². The molecule has 0 saturated heterocycles. The van der Waals surface area contributed by atoms with Gasteiger partial charge in [-0.2, -0.15) is 0 Å². The Balaban J connectivity index is 1.85. The molecule has 1 aliphatic carbocycles. The van der Waals surface area contributed by atoms with Gasteiger partial charge in [-0.05, 0) is 33.6 Å². The minimum atomic E-state index is -0.488. The molecule has 2 rings (SSSR count). The summed E-state index contributed by atoms with van der Waals surface area (Å²) >= 11 is 1.56. The molecule has 106 valence electrons. The van der Waals surface area contributed by atoms with Crippen LogP contribution in [0, 0.1) is 0 Å². The number of amides is 1. The van der Waals surface area contributed by atoms with Crippen LogP contribution < -0.4 is 11.1 Å². The van der Waals surface area contributed by atoms with Crippen LogP contribution in [-0.4, -0.2) is 23.2 Å². The van der Waals surface area contributed by atoms with E-state index in [1.165, 1.54) is 12.8 Å². The summed E-state index contributed by atoms with van der Waals surface area (Å²) in [4.78, 5) is 17.0. The first-order valence-corrected chi connectivity index (χ1v) is 7.40. The minimum Gasteiger partial charge on any atom is -0.444 e. The first-order valence-electron chi connectivity index (χ1n) is 6.52. The van der Waals surface area contributed by atoms with Gasteiger partial charge in [-0.25, -0.2) is 9.78 Å². The Kier molecular flexibility index (Phi) is 4.10. The monoisotopic (exact) mass is 283 g/mol. The van der Waals surface area contributed by atoms with Crippen LogP contribution in [-0.2, 0) is 4.74 Å². The fourth-order valence-electron chi connectivity index (χ4n) is 1.80. The lowest BCUT2D eigenvalue weighted by atomic mass is 10.1. The van der Waals surface area contributed by atoms with Crippen molar-refractivity contribution in [2.24, 2.45) is 5.73 Å². The summed E-state index contributed by atoms with van der Waals surface area (Å²) in [5.41, 5.74) is 8.57. The number of thiazole rings is 1. The molecule has 6 heteroatoms. The highest BCUT2D eigenvalue weighted by Crippen LogP contribution is 2.42. The third-order valence-corrected chi connectivity index (χ3v) is 3.77. The van der Waals surface area contributed by atoms with Crippen molar-refractivity contribution >= 4 is 17.4 Å². The fourth-order valence-corrected chi connectivity index (χ4v) is 2.68. The summed E-state index contributed by atoms with van der Waals surface area (Å²) in [6, 6.07) is -0.212. The van der Waals surface area contributed by atoms with Crippen molar-refractivity contribution in [3.8, 4) is 0 Å². The second kappa shape index (κ2) is 5.46. The van der Waals surface area contributed by atoms with E-state index in [4.69, 9.17) is 10.5 Å². The van der Waals surface area contributed by atoms with Gasteiger partial charge >= 0.3 is 6.09 Å². The number of carbonyl (C=O) groups excluding carboxylic acids is 1. The highest BCUT2D eigenvalue weighted by molar-refractivity contribution is 7.09. The van der Waals surface area contributed by atoms with Crippen molar-refractivity contribution in [2.45, 2.75) is 51.2 Å². The van der Waals surface area contributed by atoms with Crippen LogP contribution in [0.15, 0.2) is 5.51 Å². The molecule has 0 bridgehead atoms. The van der Waals surface area contributed by atoms with Crippen molar-refractivity contribution in [3.05, 3.63) is 16.1 Å². The van der Waals surface area contributed by atoms with Gasteiger partial charge in [0.15, 0.2) is 0 Å². The SMILES string of the molecule is CC(C)(C)OC(=O)NCC(N)c1scnc1C1CC1. The maximum atomic E-state index is 11.6. The molecule has 0 aliphatic heterocycles. The van der Waals surface area contributed by atoms with E-state index in [0.29, 0.717) is 12.5 Å². The molecule has 1 aromatic rings. The van der Waals surface area contributed by atoms with Gasteiger partial charge in [0.25, 0.3) is 0 Å². The van der Waals surface area contributed by atoms with Crippen LogP contribution in [0.1, 0.15) is 56.1 Å². The van der Waals surface area contributed by atoms with E-state index in [9.17, 15) is 4.79 Å². The minimum absolute atomic E-state index is 0.212. The maximum Gasteiger partial charge on any atom is 0.407 e. The Labute approximate surface area is 117 Å². The first-order chi connectivity index (χ1) is 8.87. The largest absolute Gasteiger partial charge is 0.444 e. The zero-order valence-electron chi connectivity index (χ0n) is 11.6. The maximum absolute atomic E-state index is 11.6. The van der Waals surface area contributed by atoms with Crippen molar-refractivity contribution < 1.29 is 9.53 Å². The molecule has 0 radical (unpaired) electrons. The van der Waals surface area contributed by atoms with Gasteiger partial charge in [0, 0.05) is 17.3 Å². The van der Waals surface area contributed by atoms with E-state index < -0.39 is 11.7 Å². The van der Waals surface area contributed by atoms with Crippen LogP contribution in [0.3, 0.4) is 0 Å². The van der Waals surface area contributed by atoms with Gasteiger partial charge in [0.2, 0.25) is 0 Å². The van der Waals surface area contributed by atoms with Gasteiger partial charge in [0.05, 0.1) is 17.2 Å². The first kappa shape index (κ1) is 14.3. The summed E-state index contributed by atoms with van der Waals surface area (Å²) in [7, 11) is 0. The van der Waals surface area contributed by atoms with Crippen molar-refractivity contribution in [1.82, 2.24) is 10.3 Å². The van der Waals surface area contributed by atoms with Gasteiger partial charge in [-0.1, -0.05) is 0 Å². The van der Waals surface area contributed by atoms with E-state index >= 15 is 0 Å².